The molecule has 0 unspecified atom stereocenters. The Kier molecular flexibility index (Phi) is 4.30. The third-order valence-electron chi connectivity index (χ3n) is 4.72. The largest absolute Gasteiger partial charge is 0.391 e. The van der Waals surface area contributed by atoms with Crippen molar-refractivity contribution in [2.75, 3.05) is 0 Å². The fourth-order valence-electron chi connectivity index (χ4n) is 3.57. The number of hydrogen-bond acceptors (Lipinski definition) is 3. The summed E-state index contributed by atoms with van der Waals surface area (Å²) >= 11 is 0. The maximum Gasteiger partial charge on any atom is 0.114 e. The molecule has 0 amide bonds. The second kappa shape index (κ2) is 6.21. The number of rotatable bonds is 4. The summed E-state index contributed by atoms with van der Waals surface area (Å²) in [7, 11) is 0. The number of aliphatic hydroxyl groups is 1. The van der Waals surface area contributed by atoms with Crippen LogP contribution in [0.3, 0.4) is 0 Å². The van der Waals surface area contributed by atoms with Crippen molar-refractivity contribution >= 4 is 0 Å². The Bertz CT molecular complexity index is 599. The second-order valence-electron chi connectivity index (χ2n) is 6.00. The van der Waals surface area contributed by atoms with E-state index in [-0.39, 0.29) is 17.6 Å². The van der Waals surface area contributed by atoms with E-state index in [0.29, 0.717) is 0 Å². The van der Waals surface area contributed by atoms with Gasteiger partial charge in [0, 0.05) is 5.92 Å². The van der Waals surface area contributed by atoms with Crippen molar-refractivity contribution in [2.45, 2.75) is 43.9 Å². The Balaban J connectivity index is 2.12. The van der Waals surface area contributed by atoms with Crippen LogP contribution in [0.1, 0.15) is 37.3 Å². The van der Waals surface area contributed by atoms with Gasteiger partial charge < -0.3 is 5.11 Å². The molecule has 0 radical (unpaired) electrons. The summed E-state index contributed by atoms with van der Waals surface area (Å²) in [5.74, 6) is 0.0566. The average Bonchev–Trinajstić information content (AvgIpc) is 2.97. The van der Waals surface area contributed by atoms with Gasteiger partial charge in [0.2, 0.25) is 0 Å². The van der Waals surface area contributed by atoms with Gasteiger partial charge >= 0.3 is 0 Å². The lowest BCUT2D eigenvalue weighted by molar-refractivity contribution is -0.0476. The van der Waals surface area contributed by atoms with Gasteiger partial charge in [0.05, 0.1) is 11.6 Å². The summed E-state index contributed by atoms with van der Waals surface area (Å²) in [5.41, 5.74) is 5.30. The summed E-state index contributed by atoms with van der Waals surface area (Å²) in [5, 5.41) is 10.2. The first-order chi connectivity index (χ1) is 10.7. The first-order valence-corrected chi connectivity index (χ1v) is 7.90. The first kappa shape index (κ1) is 15.2. The molecule has 0 bridgehead atoms. The lowest BCUT2D eigenvalue weighted by Crippen LogP contribution is -2.41. The zero-order chi connectivity index (χ0) is 15.6. The molecule has 0 saturated carbocycles. The molecule has 1 saturated heterocycles. The van der Waals surface area contributed by atoms with Crippen LogP contribution in [0.25, 0.3) is 0 Å². The molecule has 0 spiro atoms. The smallest absolute Gasteiger partial charge is 0.114 e. The van der Waals surface area contributed by atoms with E-state index in [1.54, 1.807) is 6.92 Å². The van der Waals surface area contributed by atoms with Crippen LogP contribution in [0.4, 0.5) is 0 Å². The van der Waals surface area contributed by atoms with Crippen LogP contribution < -0.4 is 5.48 Å². The molecule has 3 nitrogen and oxygen atoms in total. The van der Waals surface area contributed by atoms with Crippen LogP contribution in [0, 0.1) is 0 Å². The summed E-state index contributed by atoms with van der Waals surface area (Å²) in [6, 6.07) is 20.7. The zero-order valence-electron chi connectivity index (χ0n) is 13.1. The van der Waals surface area contributed by atoms with Gasteiger partial charge in [-0.25, -0.2) is 0 Å². The number of nitrogens with one attached hydrogen (secondary N) is 1. The van der Waals surface area contributed by atoms with Gasteiger partial charge in [-0.1, -0.05) is 67.6 Å². The van der Waals surface area contributed by atoms with E-state index >= 15 is 0 Å². The van der Waals surface area contributed by atoms with Gasteiger partial charge in [0.1, 0.15) is 6.10 Å². The fourth-order valence-corrected chi connectivity index (χ4v) is 3.57. The van der Waals surface area contributed by atoms with Crippen LogP contribution in [0.15, 0.2) is 60.7 Å². The zero-order valence-corrected chi connectivity index (χ0v) is 13.1. The average molecular weight is 297 g/mol. The minimum atomic E-state index is -0.546. The topological polar surface area (TPSA) is 41.5 Å². The minimum absolute atomic E-state index is 0.0566. The SMILES string of the molecule is CC[C@@]1(c2ccccc2)NO[C@@H]([C@@H](C)O)[C@H]1c1ccccc1. The molecule has 2 N–H and O–H groups in total. The molecule has 116 valence electrons. The van der Waals surface area contributed by atoms with E-state index < -0.39 is 6.10 Å². The minimum Gasteiger partial charge on any atom is -0.391 e. The Morgan fingerprint density at radius 3 is 2.23 bits per heavy atom. The molecule has 1 heterocycles. The molecule has 3 heteroatoms. The Morgan fingerprint density at radius 1 is 1.09 bits per heavy atom. The van der Waals surface area contributed by atoms with Crippen molar-refractivity contribution in [1.29, 1.82) is 0 Å². The maximum atomic E-state index is 10.2. The van der Waals surface area contributed by atoms with E-state index in [0.717, 1.165) is 6.42 Å². The summed E-state index contributed by atoms with van der Waals surface area (Å²) < 4.78 is 0. The molecule has 1 aliphatic heterocycles. The van der Waals surface area contributed by atoms with Crippen molar-refractivity contribution < 1.29 is 9.94 Å². The quantitative estimate of drug-likeness (QED) is 0.909. The summed E-state index contributed by atoms with van der Waals surface area (Å²) in [4.78, 5) is 5.84. The predicted molar refractivity (Wildman–Crippen MR) is 87.3 cm³/mol. The van der Waals surface area contributed by atoms with Crippen molar-refractivity contribution in [1.82, 2.24) is 5.48 Å². The molecule has 1 aliphatic rings. The first-order valence-electron chi connectivity index (χ1n) is 7.90. The van der Waals surface area contributed by atoms with Gasteiger partial charge in [-0.15, -0.1) is 0 Å². The van der Waals surface area contributed by atoms with E-state index in [1.807, 2.05) is 36.4 Å². The molecule has 4 atom stereocenters. The molecular weight excluding hydrogens is 274 g/mol. The van der Waals surface area contributed by atoms with Crippen LogP contribution in [0.5, 0.6) is 0 Å². The number of hydrogen-bond donors (Lipinski definition) is 2. The Morgan fingerprint density at radius 2 is 1.68 bits per heavy atom. The number of benzene rings is 2. The lowest BCUT2D eigenvalue weighted by Gasteiger charge is -2.35. The van der Waals surface area contributed by atoms with E-state index in [9.17, 15) is 5.11 Å². The second-order valence-corrected chi connectivity index (χ2v) is 6.00. The van der Waals surface area contributed by atoms with Crippen molar-refractivity contribution in [3.05, 3.63) is 71.8 Å². The third-order valence-corrected chi connectivity index (χ3v) is 4.72. The Hall–Kier alpha value is -1.68. The van der Waals surface area contributed by atoms with Gasteiger partial charge in [0.25, 0.3) is 0 Å². The highest BCUT2D eigenvalue weighted by molar-refractivity contribution is 5.35. The highest BCUT2D eigenvalue weighted by Gasteiger charge is 2.51. The molecule has 2 aromatic carbocycles. The molecular formula is C19H23NO2. The van der Waals surface area contributed by atoms with Gasteiger partial charge in [-0.2, -0.15) is 5.48 Å². The molecule has 0 aromatic heterocycles. The monoisotopic (exact) mass is 297 g/mol. The van der Waals surface area contributed by atoms with E-state index in [2.05, 4.69) is 36.7 Å². The number of aliphatic hydroxyl groups excluding tert-OH is 1. The third kappa shape index (κ3) is 2.45. The van der Waals surface area contributed by atoms with Crippen molar-refractivity contribution in [2.24, 2.45) is 0 Å². The Labute approximate surface area is 131 Å². The molecule has 3 rings (SSSR count). The highest BCUT2D eigenvalue weighted by atomic mass is 16.7. The van der Waals surface area contributed by atoms with Crippen molar-refractivity contribution in [3.8, 4) is 0 Å². The lowest BCUT2D eigenvalue weighted by atomic mass is 9.71. The fraction of sp³-hybridized carbons (Fsp3) is 0.368. The normalized spacial score (nSPS) is 29.4. The highest BCUT2D eigenvalue weighted by Crippen LogP contribution is 2.47. The van der Waals surface area contributed by atoms with E-state index in [4.69, 9.17) is 4.84 Å². The van der Waals surface area contributed by atoms with Crippen LogP contribution in [-0.4, -0.2) is 17.3 Å². The van der Waals surface area contributed by atoms with Gasteiger partial charge in [-0.3, -0.25) is 4.84 Å². The molecule has 22 heavy (non-hydrogen) atoms. The molecule has 0 aliphatic carbocycles. The summed E-state index contributed by atoms with van der Waals surface area (Å²) in [6.45, 7) is 3.95. The standard InChI is InChI=1S/C19H23NO2/c1-3-19(16-12-8-5-9-13-16)17(15-10-6-4-7-11-15)18(14(2)21)22-20-19/h4-14,17-18,20-21H,3H2,1-2H3/t14-,17-,18+,19+/m1/s1. The van der Waals surface area contributed by atoms with Crippen LogP contribution >= 0.6 is 0 Å². The van der Waals surface area contributed by atoms with Crippen molar-refractivity contribution in [3.63, 3.8) is 0 Å². The molecule has 2 aromatic rings. The maximum absolute atomic E-state index is 10.2. The number of hydroxylamine groups is 1. The summed E-state index contributed by atoms with van der Waals surface area (Å²) in [6.07, 6.45) is 0.0529. The predicted octanol–water partition coefficient (Wildman–Crippen LogP) is 3.36. The van der Waals surface area contributed by atoms with Crippen LogP contribution in [-0.2, 0) is 10.4 Å². The van der Waals surface area contributed by atoms with Gasteiger partial charge in [-0.05, 0) is 24.5 Å². The van der Waals surface area contributed by atoms with Crippen LogP contribution in [0.2, 0.25) is 0 Å². The molecule has 1 fully saturated rings. The van der Waals surface area contributed by atoms with Gasteiger partial charge in [0.15, 0.2) is 0 Å². The van der Waals surface area contributed by atoms with E-state index in [1.165, 1.54) is 11.1 Å².